The van der Waals surface area contributed by atoms with Gasteiger partial charge in [-0.1, -0.05) is 30.1 Å². The summed E-state index contributed by atoms with van der Waals surface area (Å²) in [6.45, 7) is 18.2. The Morgan fingerprint density at radius 1 is 0.625 bits per heavy atom. The maximum atomic E-state index is 6.25. The maximum Gasteiger partial charge on any atom is 0.501 e. The van der Waals surface area contributed by atoms with Gasteiger partial charge in [0.05, 0.1) is 6.61 Å². The zero-order valence-electron chi connectivity index (χ0n) is 21.3. The highest BCUT2D eigenvalue weighted by Crippen LogP contribution is 2.60. The molecule has 0 aliphatic rings. The molecule has 0 fully saturated rings. The SMILES string of the molecule is CCO[Si](CCCOP(=S)(CC)SCCC[Si](OCC)(OCC)OCC)(OCC)OCC. The highest BCUT2D eigenvalue weighted by Gasteiger charge is 2.40. The summed E-state index contributed by atoms with van der Waals surface area (Å²) in [5.74, 6) is 0.919. The van der Waals surface area contributed by atoms with Gasteiger partial charge in [0, 0.05) is 63.6 Å². The third-order valence-electron chi connectivity index (χ3n) is 4.40. The second-order valence-corrected chi connectivity index (χ2v) is 20.0. The minimum atomic E-state index is -2.62. The Kier molecular flexibility index (Phi) is 20.1. The Bertz CT molecular complexity index is 435. The average Bonchev–Trinajstić information content (AvgIpc) is 2.76. The number of hydrogen-bond acceptors (Lipinski definition) is 9. The van der Waals surface area contributed by atoms with Gasteiger partial charge in [0.1, 0.15) is 5.47 Å². The predicted octanol–water partition coefficient (Wildman–Crippen LogP) is 5.94. The first-order valence-electron chi connectivity index (χ1n) is 12.1. The lowest BCUT2D eigenvalue weighted by Gasteiger charge is -2.29. The van der Waals surface area contributed by atoms with Crippen molar-refractivity contribution in [2.75, 3.05) is 58.2 Å². The van der Waals surface area contributed by atoms with Crippen molar-refractivity contribution < 1.29 is 31.1 Å². The van der Waals surface area contributed by atoms with Gasteiger partial charge in [-0.15, -0.1) is 0 Å². The molecule has 0 saturated carbocycles. The lowest BCUT2D eigenvalue weighted by atomic mass is 10.5. The van der Waals surface area contributed by atoms with E-state index in [0.29, 0.717) is 46.2 Å². The van der Waals surface area contributed by atoms with Gasteiger partial charge in [0.25, 0.3) is 0 Å². The highest BCUT2D eigenvalue weighted by molar-refractivity contribution is 8.69. The Morgan fingerprint density at radius 3 is 1.34 bits per heavy atom. The van der Waals surface area contributed by atoms with Crippen LogP contribution in [0, 0.1) is 0 Å². The van der Waals surface area contributed by atoms with Crippen LogP contribution in [0.5, 0.6) is 0 Å². The highest BCUT2D eigenvalue weighted by atomic mass is 32.9. The summed E-state index contributed by atoms with van der Waals surface area (Å²) in [6.07, 6.45) is 2.62. The van der Waals surface area contributed by atoms with Gasteiger partial charge in [-0.05, 0) is 54.4 Å². The van der Waals surface area contributed by atoms with Gasteiger partial charge < -0.3 is 31.1 Å². The molecule has 194 valence electrons. The van der Waals surface area contributed by atoms with Gasteiger partial charge in [-0.2, -0.15) is 0 Å². The third-order valence-corrected chi connectivity index (χ3v) is 17.8. The quantitative estimate of drug-likeness (QED) is 0.0873. The maximum absolute atomic E-state index is 6.25. The summed E-state index contributed by atoms with van der Waals surface area (Å²) < 4.78 is 41.9. The van der Waals surface area contributed by atoms with Crippen LogP contribution in [-0.4, -0.2) is 75.8 Å². The minimum Gasteiger partial charge on any atom is -0.374 e. The number of hydrogen-bond donors (Lipinski definition) is 0. The molecule has 0 N–H and O–H groups in total. The van der Waals surface area contributed by atoms with Crippen molar-refractivity contribution in [3.05, 3.63) is 0 Å². The second kappa shape index (κ2) is 19.4. The smallest absolute Gasteiger partial charge is 0.374 e. The van der Waals surface area contributed by atoms with Crippen molar-refractivity contribution in [1.29, 1.82) is 0 Å². The summed E-state index contributed by atoms with van der Waals surface area (Å²) in [4.78, 5) is 0. The van der Waals surface area contributed by atoms with E-state index in [-0.39, 0.29) is 0 Å². The molecule has 0 bridgehead atoms. The zero-order chi connectivity index (χ0) is 24.3. The van der Waals surface area contributed by atoms with Crippen LogP contribution in [0.3, 0.4) is 0 Å². The summed E-state index contributed by atoms with van der Waals surface area (Å²) >= 11 is 7.70. The third kappa shape index (κ3) is 13.3. The Hall–Kier alpha value is 1.15. The van der Waals surface area contributed by atoms with E-state index in [2.05, 4.69) is 6.92 Å². The van der Waals surface area contributed by atoms with E-state index in [1.807, 2.05) is 41.5 Å². The zero-order valence-corrected chi connectivity index (χ0v) is 25.8. The fourth-order valence-electron chi connectivity index (χ4n) is 3.21. The molecule has 0 aromatic rings. The lowest BCUT2D eigenvalue weighted by Crippen LogP contribution is -2.46. The Morgan fingerprint density at radius 2 is 1.00 bits per heavy atom. The standard InChI is InChI=1S/C20H47O7PS2Si2/c1-8-22-31(23-9-2,24-10-3)19-15-17-21-28(29,14-7)30-18-16-20-32(25-11-4,26-12-5)27-13-6/h8-20H2,1-7H3. The summed E-state index contributed by atoms with van der Waals surface area (Å²) in [6, 6.07) is 1.55. The van der Waals surface area contributed by atoms with Crippen LogP contribution in [0.15, 0.2) is 0 Å². The molecule has 0 spiro atoms. The molecule has 12 heteroatoms. The topological polar surface area (TPSA) is 64.6 Å². The lowest BCUT2D eigenvalue weighted by molar-refractivity contribution is 0.0695. The molecule has 1 atom stereocenters. The monoisotopic (exact) mass is 550 g/mol. The van der Waals surface area contributed by atoms with Crippen molar-refractivity contribution in [1.82, 2.24) is 0 Å². The van der Waals surface area contributed by atoms with E-state index in [0.717, 1.165) is 36.8 Å². The first-order chi connectivity index (χ1) is 15.3. The molecule has 1 unspecified atom stereocenters. The fraction of sp³-hybridized carbons (Fsp3) is 1.00. The molecule has 0 amide bonds. The van der Waals surface area contributed by atoms with Gasteiger partial charge in [-0.3, -0.25) is 0 Å². The van der Waals surface area contributed by atoms with Crippen molar-refractivity contribution in [3.63, 3.8) is 0 Å². The van der Waals surface area contributed by atoms with Crippen LogP contribution in [-0.2, 0) is 42.9 Å². The van der Waals surface area contributed by atoms with Crippen molar-refractivity contribution >= 4 is 46.3 Å². The molecule has 0 aromatic carbocycles. The summed E-state index contributed by atoms with van der Waals surface area (Å²) in [5.41, 5.74) is -1.92. The fourth-order valence-corrected chi connectivity index (χ4v) is 13.2. The Balaban J connectivity index is 4.64. The first-order valence-corrected chi connectivity index (χ1v) is 20.4. The van der Waals surface area contributed by atoms with Crippen LogP contribution in [0.1, 0.15) is 61.3 Å². The predicted molar refractivity (Wildman–Crippen MR) is 143 cm³/mol. The van der Waals surface area contributed by atoms with Gasteiger partial charge in [0.2, 0.25) is 0 Å². The van der Waals surface area contributed by atoms with Gasteiger partial charge in [0.15, 0.2) is 0 Å². The van der Waals surface area contributed by atoms with Crippen molar-refractivity contribution in [2.24, 2.45) is 0 Å². The first kappa shape index (κ1) is 33.2. The summed E-state index contributed by atoms with van der Waals surface area (Å²) in [5, 5.41) is 0. The van der Waals surface area contributed by atoms with E-state index in [9.17, 15) is 0 Å². The molecule has 0 aliphatic carbocycles. The van der Waals surface area contributed by atoms with Gasteiger partial charge >= 0.3 is 17.6 Å². The number of rotatable bonds is 23. The molecule has 0 aliphatic heterocycles. The van der Waals surface area contributed by atoms with Gasteiger partial charge in [-0.25, -0.2) is 0 Å². The Labute approximate surface area is 208 Å². The van der Waals surface area contributed by atoms with E-state index in [1.165, 1.54) is 0 Å². The van der Waals surface area contributed by atoms with E-state index in [4.69, 9.17) is 42.9 Å². The normalized spacial score (nSPS) is 14.6. The molecular formula is C20H47O7PS2Si2. The van der Waals surface area contributed by atoms with Crippen LogP contribution >= 0.6 is 16.8 Å². The molecule has 0 rings (SSSR count). The van der Waals surface area contributed by atoms with Crippen LogP contribution in [0.4, 0.5) is 0 Å². The molecule has 0 heterocycles. The van der Waals surface area contributed by atoms with Crippen LogP contribution in [0.25, 0.3) is 0 Å². The molecule has 0 radical (unpaired) electrons. The molecule has 0 saturated heterocycles. The second-order valence-electron chi connectivity index (χ2n) is 6.76. The molecule has 0 aromatic heterocycles. The van der Waals surface area contributed by atoms with Crippen molar-refractivity contribution in [2.45, 2.75) is 73.4 Å². The largest absolute Gasteiger partial charge is 0.501 e. The van der Waals surface area contributed by atoms with Crippen LogP contribution in [0.2, 0.25) is 12.1 Å². The molecular weight excluding hydrogens is 503 g/mol. The summed E-state index contributed by atoms with van der Waals surface area (Å²) in [7, 11) is -5.21. The minimum absolute atomic E-state index is 0.589. The van der Waals surface area contributed by atoms with E-state index >= 15 is 0 Å². The van der Waals surface area contributed by atoms with Crippen LogP contribution < -0.4 is 0 Å². The van der Waals surface area contributed by atoms with Crippen molar-refractivity contribution in [3.8, 4) is 0 Å². The molecule has 32 heavy (non-hydrogen) atoms. The molecule has 7 nitrogen and oxygen atoms in total. The van der Waals surface area contributed by atoms with E-state index in [1.54, 1.807) is 11.4 Å². The average molecular weight is 551 g/mol. The van der Waals surface area contributed by atoms with E-state index < -0.39 is 23.1 Å².